The van der Waals surface area contributed by atoms with Gasteiger partial charge in [-0.1, -0.05) is 35.3 Å². The van der Waals surface area contributed by atoms with Gasteiger partial charge in [0.1, 0.15) is 5.52 Å². The second-order valence-corrected chi connectivity index (χ2v) is 17.7. The summed E-state index contributed by atoms with van der Waals surface area (Å²) >= 11 is 13.2. The number of benzene rings is 2. The molecule has 2 aliphatic carbocycles. The second-order valence-electron chi connectivity index (χ2n) is 16.9. The van der Waals surface area contributed by atoms with Crippen LogP contribution in [0.2, 0.25) is 10.0 Å². The minimum absolute atomic E-state index is 0.0197. The molecule has 0 spiro atoms. The van der Waals surface area contributed by atoms with Crippen molar-refractivity contribution in [3.63, 3.8) is 0 Å². The Balaban J connectivity index is 1.18. The van der Waals surface area contributed by atoms with Crippen molar-refractivity contribution < 1.29 is 14.0 Å². The first kappa shape index (κ1) is 36.6. The van der Waals surface area contributed by atoms with E-state index < -0.39 is 5.82 Å². The number of amides is 2. The highest BCUT2D eigenvalue weighted by atomic mass is 35.5. The molecule has 0 radical (unpaired) electrons. The number of pyridine rings is 2. The van der Waals surface area contributed by atoms with Crippen LogP contribution in [0.25, 0.3) is 32.9 Å². The van der Waals surface area contributed by atoms with E-state index in [4.69, 9.17) is 28.2 Å². The largest absolute Gasteiger partial charge is 0.368 e. The third-order valence-electron chi connectivity index (χ3n) is 13.3. The number of anilines is 1. The Labute approximate surface area is 340 Å². The van der Waals surface area contributed by atoms with Crippen LogP contribution in [0, 0.1) is 41.8 Å². The number of nitrogens with one attached hydrogen (secondary N) is 1. The van der Waals surface area contributed by atoms with E-state index in [-0.39, 0.29) is 64.8 Å². The minimum Gasteiger partial charge on any atom is -0.368 e. The van der Waals surface area contributed by atoms with E-state index in [0.717, 1.165) is 54.5 Å². The van der Waals surface area contributed by atoms with Gasteiger partial charge >= 0.3 is 0 Å². The fourth-order valence-corrected chi connectivity index (χ4v) is 10.9. The summed E-state index contributed by atoms with van der Waals surface area (Å²) in [7, 11) is 3.47. The second kappa shape index (κ2) is 13.7. The Morgan fingerprint density at radius 3 is 2.61 bits per heavy atom. The summed E-state index contributed by atoms with van der Waals surface area (Å²) in [5.41, 5.74) is 5.82. The number of piperidine rings is 1. The number of hydrogen-bond donors (Lipinski definition) is 1. The summed E-state index contributed by atoms with van der Waals surface area (Å²) < 4.78 is 19.8. The number of aryl methyl sites for hydroxylation is 2. The molecule has 7 heterocycles. The Bertz CT molecular complexity index is 2550. The van der Waals surface area contributed by atoms with E-state index in [1.54, 1.807) is 43.4 Å². The van der Waals surface area contributed by atoms with Gasteiger partial charge in [0.15, 0.2) is 5.82 Å². The standard InChI is InChI=1S/C44H43Cl2FN8O2/c1-22-31-16-35(41-27-13-29(54(41)44(57)23-9-10-23)21-53(20-27)28-12-26(17-49-19-28)43(56)52(2)3)55(40-25-15-34(40)50-18-25)42(31)32-14-24(6-5-11-48)36(38(47)39(32)51-22)30-7-4-8-33(45)37(30)46/h4,7-8,12,14,16-17,19,23,25,27,29,34,40-41,50H,5-6,9-10,13,15,18,20-21H2,1-3H3/t25-,27+,29-,34-,40+,41-/m1/s1. The maximum Gasteiger partial charge on any atom is 0.254 e. The van der Waals surface area contributed by atoms with E-state index in [1.165, 1.54) is 0 Å². The first-order chi connectivity index (χ1) is 27.5. The fraction of sp³-hybridized carbons (Fsp3) is 0.432. The molecule has 3 aromatic heterocycles. The van der Waals surface area contributed by atoms with Gasteiger partial charge in [-0.15, -0.1) is 0 Å². The lowest BCUT2D eigenvalue weighted by molar-refractivity contribution is -0.135. The zero-order chi connectivity index (χ0) is 39.4. The van der Waals surface area contributed by atoms with E-state index >= 15 is 4.39 Å². The number of nitriles is 1. The van der Waals surface area contributed by atoms with Crippen molar-refractivity contribution in [2.75, 3.05) is 38.6 Å². The molecule has 57 heavy (non-hydrogen) atoms. The molecule has 4 saturated heterocycles. The number of carbonyl (C=O) groups is 2. The van der Waals surface area contributed by atoms with E-state index in [9.17, 15) is 14.9 Å². The highest BCUT2D eigenvalue weighted by Crippen LogP contribution is 2.54. The first-order valence-electron chi connectivity index (χ1n) is 20.0. The summed E-state index contributed by atoms with van der Waals surface area (Å²) in [6.45, 7) is 4.19. The lowest BCUT2D eigenvalue weighted by atomic mass is 9.79. The third kappa shape index (κ3) is 5.73. The molecule has 4 bridgehead atoms. The monoisotopic (exact) mass is 804 g/mol. The number of likely N-dealkylation sites (tertiary alicyclic amines) is 1. The summed E-state index contributed by atoms with van der Waals surface area (Å²) in [5.74, 6) is 0.149. The molecular weight excluding hydrogens is 762 g/mol. The van der Waals surface area contributed by atoms with Crippen LogP contribution in [0.5, 0.6) is 0 Å². The van der Waals surface area contributed by atoms with Crippen molar-refractivity contribution >= 4 is 62.5 Å². The molecule has 6 atom stereocenters. The van der Waals surface area contributed by atoms with Crippen molar-refractivity contribution in [1.82, 2.24) is 29.7 Å². The van der Waals surface area contributed by atoms with Crippen molar-refractivity contribution in [3.05, 3.63) is 87.2 Å². The SMILES string of the molecule is Cc1nc2c(F)c(-c3cccc(Cl)c3Cl)c(CCC#N)cc2c2c1cc([C@H]1[C@H]3C[C@H](CN(c4cncc(C(=O)N(C)C)c4)C3)N1C(=O)C1CC1)n2[C@H]1[C@H]2CN[C@@H]1C2. The molecule has 1 N–H and O–H groups in total. The smallest absolute Gasteiger partial charge is 0.254 e. The molecule has 4 aliphatic heterocycles. The average molecular weight is 806 g/mol. The molecule has 10 nitrogen and oxygen atoms in total. The minimum atomic E-state index is -0.486. The Morgan fingerprint density at radius 1 is 1.07 bits per heavy atom. The van der Waals surface area contributed by atoms with E-state index in [1.807, 2.05) is 25.3 Å². The predicted octanol–water partition coefficient (Wildman–Crippen LogP) is 7.89. The lowest BCUT2D eigenvalue weighted by Gasteiger charge is -2.40. The number of halogens is 3. The predicted molar refractivity (Wildman–Crippen MR) is 219 cm³/mol. The van der Waals surface area contributed by atoms with Crippen molar-refractivity contribution in [2.45, 2.75) is 69.6 Å². The van der Waals surface area contributed by atoms with Gasteiger partial charge in [-0.25, -0.2) is 9.37 Å². The lowest BCUT2D eigenvalue weighted by Crippen LogP contribution is -2.45. The Kier molecular flexibility index (Phi) is 8.78. The molecule has 2 saturated carbocycles. The summed E-state index contributed by atoms with van der Waals surface area (Å²) in [5, 5.41) is 15.6. The number of carbonyl (C=O) groups excluding carboxylic acids is 2. The van der Waals surface area contributed by atoms with Crippen LogP contribution in [-0.4, -0.2) is 82.0 Å². The summed E-state index contributed by atoms with van der Waals surface area (Å²) in [6, 6.07) is 13.8. The molecule has 6 aliphatic rings. The van der Waals surface area contributed by atoms with Crippen LogP contribution in [0.1, 0.15) is 71.5 Å². The fourth-order valence-electron chi connectivity index (χ4n) is 10.5. The molecular formula is C44H43Cl2FN8O2. The molecule has 292 valence electrons. The number of hydrogen-bond acceptors (Lipinski definition) is 7. The van der Waals surface area contributed by atoms with Crippen LogP contribution < -0.4 is 10.2 Å². The molecule has 0 unspecified atom stereocenters. The van der Waals surface area contributed by atoms with Crippen LogP contribution in [0.3, 0.4) is 0 Å². The number of fused-ring (bicyclic) bond motifs is 6. The molecule has 6 fully saturated rings. The van der Waals surface area contributed by atoms with E-state index in [0.29, 0.717) is 63.8 Å². The van der Waals surface area contributed by atoms with Gasteiger partial charge in [0.2, 0.25) is 5.91 Å². The number of rotatable bonds is 8. The van der Waals surface area contributed by atoms with E-state index in [2.05, 4.69) is 36.8 Å². The maximum absolute atomic E-state index is 17.4. The van der Waals surface area contributed by atoms with Gasteiger partial charge in [-0.2, -0.15) is 5.26 Å². The van der Waals surface area contributed by atoms with Crippen molar-refractivity contribution in [2.24, 2.45) is 17.8 Å². The van der Waals surface area contributed by atoms with Gasteiger partial charge in [0.25, 0.3) is 5.91 Å². The van der Waals surface area contributed by atoms with Gasteiger partial charge in [-0.3, -0.25) is 14.6 Å². The molecule has 2 amide bonds. The molecule has 2 aromatic carbocycles. The van der Waals surface area contributed by atoms with Crippen LogP contribution in [0.4, 0.5) is 10.1 Å². The maximum atomic E-state index is 17.4. The normalized spacial score (nSPS) is 24.9. The zero-order valence-electron chi connectivity index (χ0n) is 32.1. The summed E-state index contributed by atoms with van der Waals surface area (Å²) in [4.78, 5) is 43.0. The van der Waals surface area contributed by atoms with Gasteiger partial charge in [0.05, 0.1) is 57.2 Å². The van der Waals surface area contributed by atoms with Crippen LogP contribution >= 0.6 is 23.2 Å². The molecule has 5 aromatic rings. The quantitative estimate of drug-likeness (QED) is 0.170. The Hall–Kier alpha value is -4.76. The highest BCUT2D eigenvalue weighted by molar-refractivity contribution is 6.43. The first-order valence-corrected chi connectivity index (χ1v) is 20.7. The van der Waals surface area contributed by atoms with Crippen LogP contribution in [-0.2, 0) is 11.2 Å². The Morgan fingerprint density at radius 2 is 1.89 bits per heavy atom. The summed E-state index contributed by atoms with van der Waals surface area (Å²) in [6.07, 6.45) is 7.68. The molecule has 13 heteroatoms. The van der Waals surface area contributed by atoms with Gasteiger partial charge in [0, 0.05) is 97.5 Å². The zero-order valence-corrected chi connectivity index (χ0v) is 33.6. The van der Waals surface area contributed by atoms with Crippen LogP contribution in [0.15, 0.2) is 48.8 Å². The number of nitrogens with zero attached hydrogens (tertiary/aromatic N) is 7. The van der Waals surface area contributed by atoms with Crippen molar-refractivity contribution in [1.29, 1.82) is 5.26 Å². The van der Waals surface area contributed by atoms with Crippen molar-refractivity contribution in [3.8, 4) is 17.2 Å². The highest BCUT2D eigenvalue weighted by Gasteiger charge is 2.55. The third-order valence-corrected chi connectivity index (χ3v) is 14.1. The van der Waals surface area contributed by atoms with Gasteiger partial charge in [-0.05, 0) is 74.8 Å². The average Bonchev–Trinajstić information content (AvgIpc) is 3.48. The number of aromatic nitrogens is 3. The molecule has 11 rings (SSSR count). The van der Waals surface area contributed by atoms with Gasteiger partial charge < -0.3 is 24.6 Å². The topological polar surface area (TPSA) is 110 Å².